The third kappa shape index (κ3) is 3.19. The van der Waals surface area contributed by atoms with Gasteiger partial charge in [0.2, 0.25) is 0 Å². The van der Waals surface area contributed by atoms with Gasteiger partial charge in [-0.05, 0) is 18.8 Å². The smallest absolute Gasteiger partial charge is 0.251 e. The molecule has 0 amide bonds. The monoisotopic (exact) mass is 272 g/mol. The molecule has 0 atom stereocenters. The second-order valence-electron chi connectivity index (χ2n) is 5.55. The van der Waals surface area contributed by atoms with Gasteiger partial charge in [0.1, 0.15) is 0 Å². The van der Waals surface area contributed by atoms with Gasteiger partial charge in [-0.25, -0.2) is 8.78 Å². The zero-order valence-corrected chi connectivity index (χ0v) is 11.3. The fourth-order valence-corrected chi connectivity index (χ4v) is 2.65. The molecule has 0 N–H and O–H groups in total. The number of nitrogens with zero attached hydrogens (tertiary/aromatic N) is 2. The second-order valence-corrected chi connectivity index (χ2v) is 5.55. The summed E-state index contributed by atoms with van der Waals surface area (Å²) in [6.45, 7) is 4.62. The summed E-state index contributed by atoms with van der Waals surface area (Å²) in [4.78, 5) is 5.28. The predicted octanol–water partition coefficient (Wildman–Crippen LogP) is 3.90. The van der Waals surface area contributed by atoms with Crippen molar-refractivity contribution in [3.63, 3.8) is 0 Å². The normalized spacial score (nSPS) is 16.3. The molecule has 0 saturated heterocycles. The van der Waals surface area contributed by atoms with Crippen LogP contribution in [0, 0.1) is 23.5 Å². The Hall–Kier alpha value is -1.26. The maximum absolute atomic E-state index is 13.9. The second kappa shape index (κ2) is 5.80. The standard InChI is InChI=1S/C14H19F3N2/c1-9(2)8-19(10-5-3-4-6-10)14-12(16)7-11(15)13(17)18-14/h7,9-10H,3-6,8H2,1-2H3. The van der Waals surface area contributed by atoms with Crippen molar-refractivity contribution in [3.05, 3.63) is 23.6 Å². The summed E-state index contributed by atoms with van der Waals surface area (Å²) in [5, 5.41) is 0. The Balaban J connectivity index is 2.33. The van der Waals surface area contributed by atoms with Crippen LogP contribution in [0.4, 0.5) is 19.0 Å². The predicted molar refractivity (Wildman–Crippen MR) is 68.6 cm³/mol. The quantitative estimate of drug-likeness (QED) is 0.773. The van der Waals surface area contributed by atoms with E-state index in [0.29, 0.717) is 18.5 Å². The fourth-order valence-electron chi connectivity index (χ4n) is 2.65. The molecule has 0 aromatic carbocycles. The van der Waals surface area contributed by atoms with Crippen molar-refractivity contribution in [2.75, 3.05) is 11.4 Å². The lowest BCUT2D eigenvalue weighted by Crippen LogP contribution is -2.37. The van der Waals surface area contributed by atoms with Crippen LogP contribution in [-0.2, 0) is 0 Å². The average molecular weight is 272 g/mol. The lowest BCUT2D eigenvalue weighted by Gasteiger charge is -2.31. The molecule has 0 spiro atoms. The number of pyridine rings is 1. The molecular formula is C14H19F3N2. The third-order valence-electron chi connectivity index (χ3n) is 3.47. The van der Waals surface area contributed by atoms with E-state index in [-0.39, 0.29) is 11.9 Å². The van der Waals surface area contributed by atoms with Crippen molar-refractivity contribution in [1.82, 2.24) is 4.98 Å². The molecule has 2 nitrogen and oxygen atoms in total. The van der Waals surface area contributed by atoms with Crippen LogP contribution < -0.4 is 4.90 Å². The Morgan fingerprint density at radius 1 is 1.21 bits per heavy atom. The molecule has 0 aliphatic heterocycles. The summed E-state index contributed by atoms with van der Waals surface area (Å²) in [5.74, 6) is -3.01. The van der Waals surface area contributed by atoms with Gasteiger partial charge < -0.3 is 4.90 Å². The van der Waals surface area contributed by atoms with Crippen LogP contribution in [-0.4, -0.2) is 17.6 Å². The van der Waals surface area contributed by atoms with Crippen LogP contribution in [0.3, 0.4) is 0 Å². The van der Waals surface area contributed by atoms with Crippen molar-refractivity contribution in [1.29, 1.82) is 0 Å². The SMILES string of the molecule is CC(C)CN(c1nc(F)c(F)cc1F)C1CCCC1. The molecule has 106 valence electrons. The molecule has 5 heteroatoms. The highest BCUT2D eigenvalue weighted by Gasteiger charge is 2.27. The first-order chi connectivity index (χ1) is 8.99. The van der Waals surface area contributed by atoms with Gasteiger partial charge in [-0.1, -0.05) is 26.7 Å². The molecule has 1 aliphatic carbocycles. The van der Waals surface area contributed by atoms with E-state index in [2.05, 4.69) is 4.98 Å². The highest BCUT2D eigenvalue weighted by molar-refractivity contribution is 5.41. The molecule has 0 radical (unpaired) electrons. The van der Waals surface area contributed by atoms with E-state index < -0.39 is 17.6 Å². The third-order valence-corrected chi connectivity index (χ3v) is 3.47. The summed E-state index contributed by atoms with van der Waals surface area (Å²) in [7, 11) is 0. The van der Waals surface area contributed by atoms with E-state index in [0.717, 1.165) is 25.7 Å². The molecular weight excluding hydrogens is 253 g/mol. The molecule has 1 heterocycles. The zero-order chi connectivity index (χ0) is 14.0. The molecule has 1 saturated carbocycles. The van der Waals surface area contributed by atoms with Gasteiger partial charge in [0, 0.05) is 18.7 Å². The van der Waals surface area contributed by atoms with Crippen molar-refractivity contribution in [3.8, 4) is 0 Å². The molecule has 19 heavy (non-hydrogen) atoms. The van der Waals surface area contributed by atoms with Gasteiger partial charge >= 0.3 is 0 Å². The van der Waals surface area contributed by atoms with E-state index in [1.807, 2.05) is 13.8 Å². The van der Waals surface area contributed by atoms with Crippen LogP contribution in [0.2, 0.25) is 0 Å². The summed E-state index contributed by atoms with van der Waals surface area (Å²) in [6.07, 6.45) is 4.08. The van der Waals surface area contributed by atoms with E-state index in [9.17, 15) is 13.2 Å². The highest BCUT2D eigenvalue weighted by Crippen LogP contribution is 2.30. The van der Waals surface area contributed by atoms with Crippen molar-refractivity contribution >= 4 is 5.82 Å². The van der Waals surface area contributed by atoms with Crippen LogP contribution >= 0.6 is 0 Å². The Labute approximate surface area is 111 Å². The van der Waals surface area contributed by atoms with E-state index in [1.165, 1.54) is 0 Å². The first kappa shape index (κ1) is 14.2. The lowest BCUT2D eigenvalue weighted by molar-refractivity contribution is 0.452. The van der Waals surface area contributed by atoms with E-state index in [4.69, 9.17) is 0 Å². The van der Waals surface area contributed by atoms with Gasteiger partial charge in [-0.2, -0.15) is 9.37 Å². The Morgan fingerprint density at radius 2 is 1.84 bits per heavy atom. The van der Waals surface area contributed by atoms with Crippen LogP contribution in [0.25, 0.3) is 0 Å². The van der Waals surface area contributed by atoms with Gasteiger partial charge in [-0.15, -0.1) is 0 Å². The number of rotatable bonds is 4. The molecule has 0 unspecified atom stereocenters. The van der Waals surface area contributed by atoms with E-state index >= 15 is 0 Å². The summed E-state index contributed by atoms with van der Waals surface area (Å²) >= 11 is 0. The minimum Gasteiger partial charge on any atom is -0.351 e. The molecule has 1 aliphatic rings. The largest absolute Gasteiger partial charge is 0.351 e. The molecule has 1 aromatic heterocycles. The number of hydrogen-bond acceptors (Lipinski definition) is 2. The van der Waals surface area contributed by atoms with Crippen molar-refractivity contribution in [2.24, 2.45) is 5.92 Å². The fraction of sp³-hybridized carbons (Fsp3) is 0.643. The lowest BCUT2D eigenvalue weighted by atomic mass is 10.1. The van der Waals surface area contributed by atoms with Crippen molar-refractivity contribution < 1.29 is 13.2 Å². The number of aromatic nitrogens is 1. The number of halogens is 3. The maximum atomic E-state index is 13.9. The average Bonchev–Trinajstić information content (AvgIpc) is 2.84. The Morgan fingerprint density at radius 3 is 2.42 bits per heavy atom. The van der Waals surface area contributed by atoms with Crippen LogP contribution in [0.5, 0.6) is 0 Å². The van der Waals surface area contributed by atoms with Gasteiger partial charge in [0.15, 0.2) is 17.5 Å². The summed E-state index contributed by atoms with van der Waals surface area (Å²) < 4.78 is 40.1. The number of anilines is 1. The summed E-state index contributed by atoms with van der Waals surface area (Å²) in [6, 6.07) is 0.759. The molecule has 0 bridgehead atoms. The van der Waals surface area contributed by atoms with Crippen LogP contribution in [0.15, 0.2) is 6.07 Å². The van der Waals surface area contributed by atoms with Crippen molar-refractivity contribution in [2.45, 2.75) is 45.6 Å². The Kier molecular flexibility index (Phi) is 4.32. The first-order valence-corrected chi connectivity index (χ1v) is 6.77. The highest BCUT2D eigenvalue weighted by atomic mass is 19.2. The molecule has 1 aromatic rings. The minimum atomic E-state index is -1.24. The topological polar surface area (TPSA) is 16.1 Å². The maximum Gasteiger partial charge on any atom is 0.251 e. The number of hydrogen-bond donors (Lipinski definition) is 0. The van der Waals surface area contributed by atoms with E-state index in [1.54, 1.807) is 4.90 Å². The minimum absolute atomic E-state index is 0.0560. The van der Waals surface area contributed by atoms with Crippen LogP contribution in [0.1, 0.15) is 39.5 Å². The summed E-state index contributed by atoms with van der Waals surface area (Å²) in [5.41, 5.74) is 0. The molecule has 1 fully saturated rings. The van der Waals surface area contributed by atoms with Gasteiger partial charge in [0.05, 0.1) is 0 Å². The van der Waals surface area contributed by atoms with Gasteiger partial charge in [0.25, 0.3) is 5.95 Å². The Bertz CT molecular complexity index is 443. The zero-order valence-electron chi connectivity index (χ0n) is 11.3. The first-order valence-electron chi connectivity index (χ1n) is 6.77. The molecule has 2 rings (SSSR count). The van der Waals surface area contributed by atoms with Gasteiger partial charge in [-0.3, -0.25) is 0 Å².